The first-order chi connectivity index (χ1) is 9.85. The molecule has 0 radical (unpaired) electrons. The van der Waals surface area contributed by atoms with E-state index in [9.17, 15) is 0 Å². The number of alkyl halides is 1. The van der Waals surface area contributed by atoms with Crippen LogP contribution in [0.1, 0.15) is 16.3 Å². The Labute approximate surface area is 128 Å². The van der Waals surface area contributed by atoms with Crippen LogP contribution in [0.5, 0.6) is 5.75 Å². The number of para-hydroxylation sites is 1. The molecule has 0 bridgehead atoms. The maximum Gasteiger partial charge on any atom is 0.123 e. The predicted octanol–water partition coefficient (Wildman–Crippen LogP) is 3.32. The average Bonchev–Trinajstić information content (AvgIpc) is 2.84. The van der Waals surface area contributed by atoms with Gasteiger partial charge in [0.1, 0.15) is 12.4 Å². The topological polar surface area (TPSA) is 25.4 Å². The fourth-order valence-electron chi connectivity index (χ4n) is 2.35. The standard InChI is InChI=1S/C15H17ClN2OS/c16-9-13-11-20-15(17-13)5-6-18-7-8-19-14-4-2-1-3-12(14)10-18/h1-4,11H,5-10H2. The molecule has 0 saturated carbocycles. The molecular formula is C15H17ClN2OS. The number of hydrogen-bond donors (Lipinski definition) is 0. The Kier molecular flexibility index (Phi) is 4.55. The van der Waals surface area contributed by atoms with Gasteiger partial charge in [-0.1, -0.05) is 18.2 Å². The van der Waals surface area contributed by atoms with Gasteiger partial charge in [0.2, 0.25) is 0 Å². The summed E-state index contributed by atoms with van der Waals surface area (Å²) in [5.41, 5.74) is 2.25. The van der Waals surface area contributed by atoms with Crippen molar-refractivity contribution in [3.8, 4) is 5.75 Å². The van der Waals surface area contributed by atoms with Gasteiger partial charge < -0.3 is 4.74 Å². The van der Waals surface area contributed by atoms with E-state index in [4.69, 9.17) is 16.3 Å². The van der Waals surface area contributed by atoms with Crippen molar-refractivity contribution in [3.63, 3.8) is 0 Å². The third kappa shape index (κ3) is 3.32. The zero-order chi connectivity index (χ0) is 13.8. The molecule has 1 aliphatic heterocycles. The summed E-state index contributed by atoms with van der Waals surface area (Å²) in [5, 5.41) is 3.21. The molecule has 0 atom stereocenters. The number of aromatic nitrogens is 1. The van der Waals surface area contributed by atoms with Crippen LogP contribution < -0.4 is 4.74 Å². The molecule has 0 fully saturated rings. The molecule has 3 rings (SSSR count). The number of nitrogens with zero attached hydrogens (tertiary/aromatic N) is 2. The van der Waals surface area contributed by atoms with E-state index >= 15 is 0 Å². The summed E-state index contributed by atoms with van der Waals surface area (Å²) in [5.74, 6) is 1.52. The van der Waals surface area contributed by atoms with Crippen molar-refractivity contribution in [2.24, 2.45) is 0 Å². The second kappa shape index (κ2) is 6.57. The van der Waals surface area contributed by atoms with Crippen LogP contribution in [0.2, 0.25) is 0 Å². The highest BCUT2D eigenvalue weighted by Gasteiger charge is 2.15. The molecule has 2 aromatic rings. The first-order valence-corrected chi connectivity index (χ1v) is 8.19. The van der Waals surface area contributed by atoms with Gasteiger partial charge in [0.15, 0.2) is 0 Å². The highest BCUT2D eigenvalue weighted by molar-refractivity contribution is 7.09. The van der Waals surface area contributed by atoms with Crippen molar-refractivity contribution >= 4 is 22.9 Å². The highest BCUT2D eigenvalue weighted by atomic mass is 35.5. The van der Waals surface area contributed by atoms with Gasteiger partial charge in [0, 0.05) is 37.0 Å². The Bertz CT molecular complexity index is 573. The zero-order valence-electron chi connectivity index (χ0n) is 11.2. The molecule has 5 heteroatoms. The summed E-state index contributed by atoms with van der Waals surface area (Å²) in [6, 6.07) is 8.28. The number of ether oxygens (including phenoxy) is 1. The Hall–Kier alpha value is -1.10. The molecule has 0 amide bonds. The van der Waals surface area contributed by atoms with E-state index < -0.39 is 0 Å². The van der Waals surface area contributed by atoms with Gasteiger partial charge in [0.05, 0.1) is 16.6 Å². The van der Waals surface area contributed by atoms with Crippen LogP contribution in [-0.4, -0.2) is 29.6 Å². The predicted molar refractivity (Wildman–Crippen MR) is 82.6 cm³/mol. The molecule has 3 nitrogen and oxygen atoms in total. The minimum Gasteiger partial charge on any atom is -0.492 e. The van der Waals surface area contributed by atoms with Crippen LogP contribution in [0.3, 0.4) is 0 Å². The smallest absolute Gasteiger partial charge is 0.123 e. The van der Waals surface area contributed by atoms with Crippen molar-refractivity contribution in [1.82, 2.24) is 9.88 Å². The SMILES string of the molecule is ClCc1csc(CCN2CCOc3ccccc3C2)n1. The van der Waals surface area contributed by atoms with Crippen molar-refractivity contribution < 1.29 is 4.74 Å². The molecular weight excluding hydrogens is 292 g/mol. The molecule has 106 valence electrons. The van der Waals surface area contributed by atoms with Gasteiger partial charge >= 0.3 is 0 Å². The van der Waals surface area contributed by atoms with Crippen LogP contribution in [-0.2, 0) is 18.8 Å². The van der Waals surface area contributed by atoms with E-state index in [1.54, 1.807) is 11.3 Å². The van der Waals surface area contributed by atoms with E-state index in [-0.39, 0.29) is 0 Å². The number of hydrogen-bond acceptors (Lipinski definition) is 4. The van der Waals surface area contributed by atoms with Gasteiger partial charge in [-0.05, 0) is 6.07 Å². The van der Waals surface area contributed by atoms with Gasteiger partial charge in [-0.3, -0.25) is 4.90 Å². The summed E-state index contributed by atoms with van der Waals surface area (Å²) in [7, 11) is 0. The normalized spacial score (nSPS) is 15.4. The van der Waals surface area contributed by atoms with Gasteiger partial charge in [-0.25, -0.2) is 4.98 Å². The number of rotatable bonds is 4. The fourth-order valence-corrected chi connectivity index (χ4v) is 3.37. The zero-order valence-corrected chi connectivity index (χ0v) is 12.8. The summed E-state index contributed by atoms with van der Waals surface area (Å²) in [6.45, 7) is 3.67. The van der Waals surface area contributed by atoms with Crippen molar-refractivity contribution in [2.45, 2.75) is 18.8 Å². The first kappa shape index (κ1) is 13.9. The minimum atomic E-state index is 0.501. The fraction of sp³-hybridized carbons (Fsp3) is 0.400. The van der Waals surface area contributed by atoms with Gasteiger partial charge in [-0.15, -0.1) is 22.9 Å². The molecule has 1 aliphatic rings. The Balaban J connectivity index is 1.61. The summed E-state index contributed by atoms with van der Waals surface area (Å²) < 4.78 is 5.78. The van der Waals surface area contributed by atoms with Crippen molar-refractivity contribution in [3.05, 3.63) is 45.9 Å². The van der Waals surface area contributed by atoms with E-state index in [1.807, 2.05) is 17.5 Å². The molecule has 2 heterocycles. The lowest BCUT2D eigenvalue weighted by Crippen LogP contribution is -2.27. The maximum absolute atomic E-state index is 5.78. The monoisotopic (exact) mass is 308 g/mol. The average molecular weight is 309 g/mol. The summed E-state index contributed by atoms with van der Waals surface area (Å²) in [4.78, 5) is 6.93. The lowest BCUT2D eigenvalue weighted by Gasteiger charge is -2.18. The second-order valence-electron chi connectivity index (χ2n) is 4.85. The van der Waals surface area contributed by atoms with Crippen LogP contribution in [0.4, 0.5) is 0 Å². The molecule has 1 aromatic carbocycles. The number of benzene rings is 1. The van der Waals surface area contributed by atoms with Crippen LogP contribution in [0.25, 0.3) is 0 Å². The lowest BCUT2D eigenvalue weighted by molar-refractivity contribution is 0.228. The molecule has 0 spiro atoms. The molecule has 0 unspecified atom stereocenters. The Morgan fingerprint density at radius 1 is 1.35 bits per heavy atom. The minimum absolute atomic E-state index is 0.501. The summed E-state index contributed by atoms with van der Waals surface area (Å²) >= 11 is 7.48. The molecule has 0 N–H and O–H groups in total. The molecule has 20 heavy (non-hydrogen) atoms. The Morgan fingerprint density at radius 2 is 2.25 bits per heavy atom. The second-order valence-corrected chi connectivity index (χ2v) is 6.06. The van der Waals surface area contributed by atoms with Crippen LogP contribution in [0, 0.1) is 0 Å². The van der Waals surface area contributed by atoms with Gasteiger partial charge in [0.25, 0.3) is 0 Å². The number of fused-ring (bicyclic) bond motifs is 1. The van der Waals surface area contributed by atoms with Crippen molar-refractivity contribution in [2.75, 3.05) is 19.7 Å². The Morgan fingerprint density at radius 3 is 3.10 bits per heavy atom. The number of thiazole rings is 1. The summed E-state index contributed by atoms with van der Waals surface area (Å²) in [6.07, 6.45) is 0.976. The number of halogens is 1. The van der Waals surface area contributed by atoms with E-state index in [0.717, 1.165) is 44.1 Å². The largest absolute Gasteiger partial charge is 0.492 e. The maximum atomic E-state index is 5.78. The van der Waals surface area contributed by atoms with Crippen LogP contribution >= 0.6 is 22.9 Å². The highest BCUT2D eigenvalue weighted by Crippen LogP contribution is 2.22. The molecule has 0 aliphatic carbocycles. The quantitative estimate of drug-likeness (QED) is 0.810. The molecule has 0 saturated heterocycles. The van der Waals surface area contributed by atoms with E-state index in [2.05, 4.69) is 22.0 Å². The first-order valence-electron chi connectivity index (χ1n) is 6.77. The molecule has 1 aromatic heterocycles. The van der Waals surface area contributed by atoms with E-state index in [0.29, 0.717) is 5.88 Å². The lowest BCUT2D eigenvalue weighted by atomic mass is 10.2. The van der Waals surface area contributed by atoms with E-state index in [1.165, 1.54) is 10.6 Å². The third-order valence-corrected chi connectivity index (χ3v) is 4.64. The van der Waals surface area contributed by atoms with Crippen molar-refractivity contribution in [1.29, 1.82) is 0 Å². The third-order valence-electron chi connectivity index (χ3n) is 3.41. The van der Waals surface area contributed by atoms with Gasteiger partial charge in [-0.2, -0.15) is 0 Å². The van der Waals surface area contributed by atoms with Crippen LogP contribution in [0.15, 0.2) is 29.6 Å².